The van der Waals surface area contributed by atoms with E-state index in [2.05, 4.69) is 39.3 Å². The molecule has 2 heterocycles. The third-order valence-electron chi connectivity index (χ3n) is 2.75. The number of hydrogen-bond acceptors (Lipinski definition) is 5. The van der Waals surface area contributed by atoms with Crippen molar-refractivity contribution in [3.05, 3.63) is 12.4 Å². The van der Waals surface area contributed by atoms with E-state index in [0.29, 0.717) is 6.04 Å². The fourth-order valence-corrected chi connectivity index (χ4v) is 1.97. The molecule has 1 aromatic rings. The highest BCUT2D eigenvalue weighted by molar-refractivity contribution is 5.48. The van der Waals surface area contributed by atoms with E-state index in [1.807, 2.05) is 6.07 Å². The molecule has 0 amide bonds. The Morgan fingerprint density at radius 3 is 3.00 bits per heavy atom. The van der Waals surface area contributed by atoms with Crippen LogP contribution in [0.2, 0.25) is 0 Å². The van der Waals surface area contributed by atoms with Crippen molar-refractivity contribution in [1.29, 1.82) is 0 Å². The van der Waals surface area contributed by atoms with Crippen LogP contribution >= 0.6 is 0 Å². The maximum Gasteiger partial charge on any atom is 0.134 e. The Kier molecular flexibility index (Phi) is 4.14. The first-order chi connectivity index (χ1) is 8.25. The van der Waals surface area contributed by atoms with Crippen LogP contribution in [0.15, 0.2) is 12.4 Å². The Morgan fingerprint density at radius 2 is 2.18 bits per heavy atom. The standard InChI is InChI=1S/C12H21N5/c1-10(2)16-11-8-12(15-9-14-11)17-6-3-4-13-5-7-17/h8-10,13H,3-7H2,1-2H3,(H,14,15,16). The highest BCUT2D eigenvalue weighted by Gasteiger charge is 2.11. The van der Waals surface area contributed by atoms with Crippen LogP contribution in [0.5, 0.6) is 0 Å². The van der Waals surface area contributed by atoms with Crippen molar-refractivity contribution in [2.24, 2.45) is 0 Å². The van der Waals surface area contributed by atoms with Crippen LogP contribution in [-0.4, -0.2) is 42.2 Å². The highest BCUT2D eigenvalue weighted by atomic mass is 15.2. The van der Waals surface area contributed by atoms with Crippen LogP contribution < -0.4 is 15.5 Å². The van der Waals surface area contributed by atoms with Gasteiger partial charge in [-0.3, -0.25) is 0 Å². The largest absolute Gasteiger partial charge is 0.368 e. The van der Waals surface area contributed by atoms with Gasteiger partial charge in [0.05, 0.1) is 0 Å². The SMILES string of the molecule is CC(C)Nc1cc(N2CCCNCC2)ncn1. The van der Waals surface area contributed by atoms with Gasteiger partial charge in [0.15, 0.2) is 0 Å². The van der Waals surface area contributed by atoms with E-state index in [1.165, 1.54) is 0 Å². The summed E-state index contributed by atoms with van der Waals surface area (Å²) < 4.78 is 0. The zero-order valence-corrected chi connectivity index (χ0v) is 10.6. The van der Waals surface area contributed by atoms with Gasteiger partial charge in [-0.2, -0.15) is 0 Å². The number of nitrogens with one attached hydrogen (secondary N) is 2. The number of hydrogen-bond donors (Lipinski definition) is 2. The van der Waals surface area contributed by atoms with E-state index in [4.69, 9.17) is 0 Å². The normalized spacial score (nSPS) is 17.0. The second-order valence-electron chi connectivity index (χ2n) is 4.65. The van der Waals surface area contributed by atoms with Gasteiger partial charge in [0.2, 0.25) is 0 Å². The maximum absolute atomic E-state index is 4.36. The predicted octanol–water partition coefficient (Wildman–Crippen LogP) is 1.10. The van der Waals surface area contributed by atoms with E-state index in [9.17, 15) is 0 Å². The van der Waals surface area contributed by atoms with E-state index in [1.54, 1.807) is 6.33 Å². The van der Waals surface area contributed by atoms with Gasteiger partial charge >= 0.3 is 0 Å². The summed E-state index contributed by atoms with van der Waals surface area (Å²) in [5.74, 6) is 1.93. The fourth-order valence-electron chi connectivity index (χ4n) is 1.97. The number of aromatic nitrogens is 2. The molecule has 0 bridgehead atoms. The van der Waals surface area contributed by atoms with E-state index < -0.39 is 0 Å². The molecule has 1 aliphatic heterocycles. The Morgan fingerprint density at radius 1 is 1.29 bits per heavy atom. The quantitative estimate of drug-likeness (QED) is 0.821. The van der Waals surface area contributed by atoms with Crippen molar-refractivity contribution in [2.75, 3.05) is 36.4 Å². The summed E-state index contributed by atoms with van der Waals surface area (Å²) in [6.07, 6.45) is 2.80. The molecule has 0 unspecified atom stereocenters. The lowest BCUT2D eigenvalue weighted by molar-refractivity contribution is 0.724. The van der Waals surface area contributed by atoms with Crippen LogP contribution in [0.4, 0.5) is 11.6 Å². The van der Waals surface area contributed by atoms with E-state index in [-0.39, 0.29) is 0 Å². The molecule has 94 valence electrons. The number of anilines is 2. The van der Waals surface area contributed by atoms with Crippen LogP contribution in [0, 0.1) is 0 Å². The zero-order valence-electron chi connectivity index (χ0n) is 10.6. The molecule has 2 rings (SSSR count). The smallest absolute Gasteiger partial charge is 0.134 e. The minimum absolute atomic E-state index is 0.392. The Hall–Kier alpha value is -1.36. The average Bonchev–Trinajstić information content (AvgIpc) is 2.57. The molecule has 17 heavy (non-hydrogen) atoms. The molecule has 1 aromatic heterocycles. The molecule has 0 aromatic carbocycles. The van der Waals surface area contributed by atoms with Gasteiger partial charge in [-0.25, -0.2) is 9.97 Å². The van der Waals surface area contributed by atoms with Crippen molar-refractivity contribution in [1.82, 2.24) is 15.3 Å². The third-order valence-corrected chi connectivity index (χ3v) is 2.75. The molecular formula is C12H21N5. The van der Waals surface area contributed by atoms with Gasteiger partial charge in [-0.1, -0.05) is 0 Å². The molecule has 2 N–H and O–H groups in total. The van der Waals surface area contributed by atoms with Gasteiger partial charge in [-0.05, 0) is 26.8 Å². The summed E-state index contributed by atoms with van der Waals surface area (Å²) in [6, 6.07) is 2.43. The molecule has 5 nitrogen and oxygen atoms in total. The second-order valence-corrected chi connectivity index (χ2v) is 4.65. The minimum atomic E-state index is 0.392. The van der Waals surface area contributed by atoms with Crippen molar-refractivity contribution in [2.45, 2.75) is 26.3 Å². The van der Waals surface area contributed by atoms with Crippen molar-refractivity contribution < 1.29 is 0 Å². The van der Waals surface area contributed by atoms with Gasteiger partial charge in [0.1, 0.15) is 18.0 Å². The molecule has 0 spiro atoms. The predicted molar refractivity (Wildman–Crippen MR) is 70.5 cm³/mol. The first-order valence-corrected chi connectivity index (χ1v) is 6.30. The van der Waals surface area contributed by atoms with Crippen LogP contribution in [-0.2, 0) is 0 Å². The average molecular weight is 235 g/mol. The minimum Gasteiger partial charge on any atom is -0.368 e. The third kappa shape index (κ3) is 3.56. The van der Waals surface area contributed by atoms with E-state index >= 15 is 0 Å². The lowest BCUT2D eigenvalue weighted by Crippen LogP contribution is -2.28. The molecule has 0 aliphatic carbocycles. The summed E-state index contributed by atoms with van der Waals surface area (Å²) in [6.45, 7) is 8.41. The van der Waals surface area contributed by atoms with Gasteiger partial charge in [0, 0.05) is 31.7 Å². The summed E-state index contributed by atoms with van der Waals surface area (Å²) >= 11 is 0. The first-order valence-electron chi connectivity index (χ1n) is 6.30. The van der Waals surface area contributed by atoms with E-state index in [0.717, 1.165) is 44.2 Å². The fraction of sp³-hybridized carbons (Fsp3) is 0.667. The van der Waals surface area contributed by atoms with Crippen LogP contribution in [0.25, 0.3) is 0 Å². The Balaban J connectivity index is 2.08. The Bertz CT molecular complexity index is 345. The topological polar surface area (TPSA) is 53.1 Å². The van der Waals surface area contributed by atoms with Crippen molar-refractivity contribution in [3.8, 4) is 0 Å². The van der Waals surface area contributed by atoms with Gasteiger partial charge in [-0.15, -0.1) is 0 Å². The summed E-state index contributed by atoms with van der Waals surface area (Å²) in [4.78, 5) is 10.9. The molecule has 1 fully saturated rings. The number of rotatable bonds is 3. The number of nitrogens with zero attached hydrogens (tertiary/aromatic N) is 3. The van der Waals surface area contributed by atoms with Gasteiger partial charge < -0.3 is 15.5 Å². The zero-order chi connectivity index (χ0) is 12.1. The molecule has 0 radical (unpaired) electrons. The van der Waals surface area contributed by atoms with Gasteiger partial charge in [0.25, 0.3) is 0 Å². The lowest BCUT2D eigenvalue weighted by Gasteiger charge is -2.21. The monoisotopic (exact) mass is 235 g/mol. The van der Waals surface area contributed by atoms with Crippen molar-refractivity contribution in [3.63, 3.8) is 0 Å². The Labute approximate surface area is 103 Å². The summed E-state index contributed by atoms with van der Waals surface area (Å²) in [5.41, 5.74) is 0. The summed E-state index contributed by atoms with van der Waals surface area (Å²) in [7, 11) is 0. The lowest BCUT2D eigenvalue weighted by atomic mass is 10.3. The van der Waals surface area contributed by atoms with Crippen molar-refractivity contribution >= 4 is 11.6 Å². The maximum atomic E-state index is 4.36. The molecule has 0 saturated carbocycles. The molecular weight excluding hydrogens is 214 g/mol. The molecule has 0 atom stereocenters. The van der Waals surface area contributed by atoms with Crippen LogP contribution in [0.3, 0.4) is 0 Å². The second kappa shape index (κ2) is 5.82. The molecule has 1 saturated heterocycles. The summed E-state index contributed by atoms with van der Waals surface area (Å²) in [5, 5.41) is 6.70. The highest BCUT2D eigenvalue weighted by Crippen LogP contribution is 2.15. The molecule has 5 heteroatoms. The molecule has 1 aliphatic rings. The van der Waals surface area contributed by atoms with Crippen LogP contribution in [0.1, 0.15) is 20.3 Å². The first kappa shape index (κ1) is 12.1.